The van der Waals surface area contributed by atoms with E-state index >= 15 is 0 Å². The highest BCUT2D eigenvalue weighted by atomic mass is 16.1. The Labute approximate surface area is 74.9 Å². The van der Waals surface area contributed by atoms with Gasteiger partial charge in [-0.2, -0.15) is 0 Å². The molecule has 0 aromatic rings. The minimum Gasteiger partial charge on any atom is -0.298 e. The van der Waals surface area contributed by atoms with Gasteiger partial charge in [-0.1, -0.05) is 13.8 Å². The van der Waals surface area contributed by atoms with Crippen LogP contribution < -0.4 is 0 Å². The van der Waals surface area contributed by atoms with Crippen LogP contribution in [-0.4, -0.2) is 30.3 Å². The molecule has 1 rings (SSSR count). The molecule has 1 aliphatic rings. The summed E-state index contributed by atoms with van der Waals surface area (Å²) in [4.78, 5) is 13.4. The summed E-state index contributed by atoms with van der Waals surface area (Å²) in [7, 11) is 0. The monoisotopic (exact) mass is 169 g/mol. The van der Waals surface area contributed by atoms with Crippen molar-refractivity contribution in [1.29, 1.82) is 0 Å². The molecule has 2 heteroatoms. The Bertz CT molecular complexity index is 156. The second kappa shape index (κ2) is 4.61. The Hall–Kier alpha value is -0.370. The molecule has 1 fully saturated rings. The minimum absolute atomic E-state index is 0.379. The largest absolute Gasteiger partial charge is 0.298 e. The molecule has 0 saturated carbocycles. The maximum absolute atomic E-state index is 11.1. The first kappa shape index (κ1) is 9.72. The molecule has 1 aliphatic heterocycles. The van der Waals surface area contributed by atoms with E-state index in [0.717, 1.165) is 19.0 Å². The number of rotatable bonds is 3. The quantitative estimate of drug-likeness (QED) is 0.641. The van der Waals surface area contributed by atoms with E-state index in [1.807, 2.05) is 6.92 Å². The molecule has 1 saturated heterocycles. The first-order chi connectivity index (χ1) is 5.72. The van der Waals surface area contributed by atoms with Crippen molar-refractivity contribution in [2.75, 3.05) is 19.6 Å². The SMILES string of the molecule is CCC(=O)CN1CCCC(C)C1. The summed E-state index contributed by atoms with van der Waals surface area (Å²) in [6, 6.07) is 0. The van der Waals surface area contributed by atoms with E-state index in [2.05, 4.69) is 11.8 Å². The predicted molar refractivity (Wildman–Crippen MR) is 50.1 cm³/mol. The Morgan fingerprint density at radius 2 is 2.33 bits per heavy atom. The van der Waals surface area contributed by atoms with Gasteiger partial charge in [0.15, 0.2) is 0 Å². The molecular weight excluding hydrogens is 150 g/mol. The van der Waals surface area contributed by atoms with Gasteiger partial charge in [0.2, 0.25) is 0 Å². The van der Waals surface area contributed by atoms with Crippen molar-refractivity contribution in [1.82, 2.24) is 4.90 Å². The van der Waals surface area contributed by atoms with Crippen LogP contribution >= 0.6 is 0 Å². The molecule has 0 radical (unpaired) electrons. The Morgan fingerprint density at radius 3 is 2.92 bits per heavy atom. The molecule has 70 valence electrons. The zero-order valence-corrected chi connectivity index (χ0v) is 8.18. The number of carbonyl (C=O) groups excluding carboxylic acids is 1. The van der Waals surface area contributed by atoms with Crippen LogP contribution in [-0.2, 0) is 4.79 Å². The van der Waals surface area contributed by atoms with E-state index < -0.39 is 0 Å². The summed E-state index contributed by atoms with van der Waals surface area (Å²) >= 11 is 0. The average molecular weight is 169 g/mol. The molecule has 1 atom stereocenters. The zero-order valence-electron chi connectivity index (χ0n) is 8.18. The smallest absolute Gasteiger partial charge is 0.146 e. The maximum atomic E-state index is 11.1. The van der Waals surface area contributed by atoms with Crippen molar-refractivity contribution in [2.45, 2.75) is 33.1 Å². The summed E-state index contributed by atoms with van der Waals surface area (Å²) in [6.45, 7) is 7.13. The summed E-state index contributed by atoms with van der Waals surface area (Å²) in [5.74, 6) is 1.16. The standard InChI is InChI=1S/C10H19NO/c1-3-10(12)8-11-6-4-5-9(2)7-11/h9H,3-8H2,1-2H3. The Balaban J connectivity index is 2.27. The number of carbonyl (C=O) groups is 1. The van der Waals surface area contributed by atoms with E-state index in [1.54, 1.807) is 0 Å². The lowest BCUT2D eigenvalue weighted by atomic mass is 10.00. The van der Waals surface area contributed by atoms with Crippen LogP contribution in [0, 0.1) is 5.92 Å². The van der Waals surface area contributed by atoms with E-state index in [0.29, 0.717) is 18.7 Å². The number of piperidine rings is 1. The molecular formula is C10H19NO. The normalized spacial score (nSPS) is 25.7. The van der Waals surface area contributed by atoms with E-state index in [9.17, 15) is 4.79 Å². The molecule has 0 N–H and O–H groups in total. The average Bonchev–Trinajstić information content (AvgIpc) is 2.04. The third-order valence-electron chi connectivity index (χ3n) is 2.54. The van der Waals surface area contributed by atoms with Crippen molar-refractivity contribution >= 4 is 5.78 Å². The number of likely N-dealkylation sites (tertiary alicyclic amines) is 1. The highest BCUT2D eigenvalue weighted by Crippen LogP contribution is 2.14. The van der Waals surface area contributed by atoms with Gasteiger partial charge in [0.25, 0.3) is 0 Å². The summed E-state index contributed by atoms with van der Waals surface area (Å²) in [5.41, 5.74) is 0. The van der Waals surface area contributed by atoms with Crippen molar-refractivity contribution in [3.05, 3.63) is 0 Å². The molecule has 0 aliphatic carbocycles. The molecule has 0 aromatic heterocycles. The Morgan fingerprint density at radius 1 is 1.58 bits per heavy atom. The molecule has 1 heterocycles. The van der Waals surface area contributed by atoms with Crippen LogP contribution in [0.3, 0.4) is 0 Å². The van der Waals surface area contributed by atoms with Gasteiger partial charge in [-0.15, -0.1) is 0 Å². The molecule has 1 unspecified atom stereocenters. The van der Waals surface area contributed by atoms with Crippen molar-refractivity contribution in [2.24, 2.45) is 5.92 Å². The Kier molecular flexibility index (Phi) is 3.73. The molecule has 2 nitrogen and oxygen atoms in total. The van der Waals surface area contributed by atoms with E-state index in [-0.39, 0.29) is 0 Å². The number of nitrogens with zero attached hydrogens (tertiary/aromatic N) is 1. The lowest BCUT2D eigenvalue weighted by Crippen LogP contribution is -2.37. The number of Topliss-reactive ketones (excluding diaryl/α,β-unsaturated/α-hetero) is 1. The lowest BCUT2D eigenvalue weighted by molar-refractivity contribution is -0.120. The number of hydrogen-bond donors (Lipinski definition) is 0. The third-order valence-corrected chi connectivity index (χ3v) is 2.54. The second-order valence-corrected chi connectivity index (χ2v) is 3.87. The zero-order chi connectivity index (χ0) is 8.97. The molecule has 12 heavy (non-hydrogen) atoms. The molecule has 0 bridgehead atoms. The highest BCUT2D eigenvalue weighted by molar-refractivity contribution is 5.80. The summed E-state index contributed by atoms with van der Waals surface area (Å²) in [5, 5.41) is 0. The predicted octanol–water partition coefficient (Wildman–Crippen LogP) is 1.70. The number of hydrogen-bond acceptors (Lipinski definition) is 2. The summed E-state index contributed by atoms with van der Waals surface area (Å²) in [6.07, 6.45) is 3.28. The lowest BCUT2D eigenvalue weighted by Gasteiger charge is -2.29. The fraction of sp³-hybridized carbons (Fsp3) is 0.900. The minimum atomic E-state index is 0.379. The van der Waals surface area contributed by atoms with Crippen molar-refractivity contribution in [3.63, 3.8) is 0 Å². The van der Waals surface area contributed by atoms with E-state index in [4.69, 9.17) is 0 Å². The molecule has 0 amide bonds. The highest BCUT2D eigenvalue weighted by Gasteiger charge is 2.17. The first-order valence-corrected chi connectivity index (χ1v) is 4.96. The van der Waals surface area contributed by atoms with Gasteiger partial charge in [-0.05, 0) is 25.3 Å². The fourth-order valence-electron chi connectivity index (χ4n) is 1.79. The van der Waals surface area contributed by atoms with E-state index in [1.165, 1.54) is 12.8 Å². The summed E-state index contributed by atoms with van der Waals surface area (Å²) < 4.78 is 0. The van der Waals surface area contributed by atoms with Crippen LogP contribution in [0.5, 0.6) is 0 Å². The van der Waals surface area contributed by atoms with Gasteiger partial charge in [-0.3, -0.25) is 9.69 Å². The number of ketones is 1. The van der Waals surface area contributed by atoms with Crippen LogP contribution in [0.15, 0.2) is 0 Å². The second-order valence-electron chi connectivity index (χ2n) is 3.87. The van der Waals surface area contributed by atoms with Gasteiger partial charge >= 0.3 is 0 Å². The third kappa shape index (κ3) is 2.94. The van der Waals surface area contributed by atoms with Gasteiger partial charge in [0.1, 0.15) is 5.78 Å². The van der Waals surface area contributed by atoms with Gasteiger partial charge in [0, 0.05) is 13.0 Å². The van der Waals surface area contributed by atoms with Gasteiger partial charge in [-0.25, -0.2) is 0 Å². The molecule has 0 spiro atoms. The topological polar surface area (TPSA) is 20.3 Å². The van der Waals surface area contributed by atoms with Gasteiger partial charge < -0.3 is 0 Å². The first-order valence-electron chi connectivity index (χ1n) is 4.96. The van der Waals surface area contributed by atoms with Crippen molar-refractivity contribution in [3.8, 4) is 0 Å². The fourth-order valence-corrected chi connectivity index (χ4v) is 1.79. The van der Waals surface area contributed by atoms with Crippen LogP contribution in [0.4, 0.5) is 0 Å². The van der Waals surface area contributed by atoms with Crippen molar-refractivity contribution < 1.29 is 4.79 Å². The maximum Gasteiger partial charge on any atom is 0.146 e. The van der Waals surface area contributed by atoms with Gasteiger partial charge in [0.05, 0.1) is 6.54 Å². The molecule has 0 aromatic carbocycles. The van der Waals surface area contributed by atoms with Crippen LogP contribution in [0.1, 0.15) is 33.1 Å². The van der Waals surface area contributed by atoms with Crippen LogP contribution in [0.2, 0.25) is 0 Å². The van der Waals surface area contributed by atoms with Crippen LogP contribution in [0.25, 0.3) is 0 Å².